The summed E-state index contributed by atoms with van der Waals surface area (Å²) in [6, 6.07) is 17.2. The van der Waals surface area contributed by atoms with Gasteiger partial charge >= 0.3 is 18.1 Å². The molecular weight excluding hydrogens is 579 g/mol. The maximum Gasteiger partial charge on any atom is 0.416 e. The lowest BCUT2D eigenvalue weighted by Crippen LogP contribution is -2.42. The lowest BCUT2D eigenvalue weighted by molar-refractivity contribution is -0.147. The number of amides is 1. The first-order valence-corrected chi connectivity index (χ1v) is 13.9. The highest BCUT2D eigenvalue weighted by Gasteiger charge is 2.31. The Morgan fingerprint density at radius 2 is 1.57 bits per heavy atom. The van der Waals surface area contributed by atoms with E-state index in [4.69, 9.17) is 14.2 Å². The smallest absolute Gasteiger partial charge is 0.416 e. The van der Waals surface area contributed by atoms with Crippen LogP contribution in [0.2, 0.25) is 0 Å². The number of nitrogens with one attached hydrogen (secondary N) is 1. The van der Waals surface area contributed by atoms with Crippen molar-refractivity contribution < 1.29 is 41.8 Å². The van der Waals surface area contributed by atoms with E-state index in [1.165, 1.54) is 18.2 Å². The van der Waals surface area contributed by atoms with Gasteiger partial charge in [-0.15, -0.1) is 0 Å². The third-order valence-corrected chi connectivity index (χ3v) is 6.42. The van der Waals surface area contributed by atoms with Crippen LogP contribution in [0.4, 0.5) is 13.2 Å². The molecule has 1 aromatic heterocycles. The summed E-state index contributed by atoms with van der Waals surface area (Å²) in [6.07, 6.45) is -4.58. The van der Waals surface area contributed by atoms with Gasteiger partial charge in [-0.25, -0.2) is 14.8 Å². The molecule has 12 heteroatoms. The van der Waals surface area contributed by atoms with E-state index in [2.05, 4.69) is 15.3 Å². The van der Waals surface area contributed by atoms with Gasteiger partial charge < -0.3 is 19.5 Å². The fourth-order valence-electron chi connectivity index (χ4n) is 4.28. The molecule has 0 unspecified atom stereocenters. The van der Waals surface area contributed by atoms with Crippen molar-refractivity contribution in [3.63, 3.8) is 0 Å². The van der Waals surface area contributed by atoms with Crippen LogP contribution in [0.1, 0.15) is 48.3 Å². The highest BCUT2D eigenvalue weighted by atomic mass is 19.4. The number of aromatic nitrogens is 2. The Kier molecular flexibility index (Phi) is 10.5. The van der Waals surface area contributed by atoms with Crippen LogP contribution < -0.4 is 10.1 Å². The van der Waals surface area contributed by atoms with Gasteiger partial charge in [0.05, 0.1) is 35.5 Å². The number of fused-ring (bicyclic) bond motifs is 1. The van der Waals surface area contributed by atoms with Crippen molar-refractivity contribution in [1.29, 1.82) is 0 Å². The molecule has 0 radical (unpaired) electrons. The Morgan fingerprint density at radius 3 is 2.23 bits per heavy atom. The molecule has 0 spiro atoms. The standard InChI is InChI=1S/C32H30F3N3O6/c1-3-42-28(39)17-16-25(31(41)43-4-2)38-30(40)21-10-13-23(14-11-21)44-19-27-29(20-8-6-5-7-9-20)37-26-18-22(32(33,34)35)12-15-24(26)36-27/h5-15,18,25H,3-4,16-17,19H2,1-2H3,(H,38,40)/t25-/m0/s1. The summed E-state index contributed by atoms with van der Waals surface area (Å²) in [5, 5.41) is 2.60. The Labute approximate surface area is 251 Å². The average Bonchev–Trinajstić information content (AvgIpc) is 3.01. The van der Waals surface area contributed by atoms with E-state index in [-0.39, 0.29) is 49.3 Å². The second-order valence-electron chi connectivity index (χ2n) is 9.52. The second-order valence-corrected chi connectivity index (χ2v) is 9.52. The molecule has 9 nitrogen and oxygen atoms in total. The predicted molar refractivity (Wildman–Crippen MR) is 155 cm³/mol. The van der Waals surface area contributed by atoms with Crippen molar-refractivity contribution in [3.8, 4) is 17.0 Å². The van der Waals surface area contributed by atoms with E-state index in [0.717, 1.165) is 12.1 Å². The summed E-state index contributed by atoms with van der Waals surface area (Å²) < 4.78 is 55.7. The Morgan fingerprint density at radius 1 is 0.864 bits per heavy atom. The molecule has 1 amide bonds. The molecular formula is C32H30F3N3O6. The molecule has 0 aliphatic rings. The van der Waals surface area contributed by atoms with Crippen molar-refractivity contribution >= 4 is 28.9 Å². The number of hydrogen-bond donors (Lipinski definition) is 1. The van der Waals surface area contributed by atoms with E-state index in [1.54, 1.807) is 50.2 Å². The second kappa shape index (κ2) is 14.5. The number of ether oxygens (including phenoxy) is 3. The number of carbonyl (C=O) groups is 3. The zero-order valence-corrected chi connectivity index (χ0v) is 24.0. The normalized spacial score (nSPS) is 11.9. The third kappa shape index (κ3) is 8.30. The molecule has 0 saturated heterocycles. The van der Waals surface area contributed by atoms with Crippen LogP contribution in [0.3, 0.4) is 0 Å². The first-order valence-electron chi connectivity index (χ1n) is 13.9. The molecule has 0 saturated carbocycles. The Hall–Kier alpha value is -5.00. The zero-order chi connectivity index (χ0) is 31.7. The van der Waals surface area contributed by atoms with Crippen LogP contribution in [0.25, 0.3) is 22.3 Å². The summed E-state index contributed by atoms with van der Waals surface area (Å²) in [5.41, 5.74) is 1.23. The lowest BCUT2D eigenvalue weighted by Gasteiger charge is -2.17. The van der Waals surface area contributed by atoms with Gasteiger partial charge in [-0.3, -0.25) is 9.59 Å². The van der Waals surface area contributed by atoms with Gasteiger partial charge in [0.1, 0.15) is 24.1 Å². The Bertz CT molecular complexity index is 1610. The lowest BCUT2D eigenvalue weighted by atomic mass is 10.1. The zero-order valence-electron chi connectivity index (χ0n) is 24.0. The number of halogens is 3. The van der Waals surface area contributed by atoms with Gasteiger partial charge in [0.15, 0.2) is 0 Å². The van der Waals surface area contributed by atoms with Crippen molar-refractivity contribution in [3.05, 3.63) is 89.6 Å². The largest absolute Gasteiger partial charge is 0.487 e. The predicted octanol–water partition coefficient (Wildman–Crippen LogP) is 5.90. The summed E-state index contributed by atoms with van der Waals surface area (Å²) >= 11 is 0. The summed E-state index contributed by atoms with van der Waals surface area (Å²) in [6.45, 7) is 3.56. The van der Waals surface area contributed by atoms with Crippen molar-refractivity contribution in [1.82, 2.24) is 15.3 Å². The quantitative estimate of drug-likeness (QED) is 0.198. The minimum Gasteiger partial charge on any atom is -0.487 e. The first-order chi connectivity index (χ1) is 21.1. The monoisotopic (exact) mass is 609 g/mol. The molecule has 4 rings (SSSR count). The molecule has 1 atom stereocenters. The van der Waals surface area contributed by atoms with E-state index in [9.17, 15) is 27.6 Å². The van der Waals surface area contributed by atoms with Gasteiger partial charge in [-0.05, 0) is 62.7 Å². The van der Waals surface area contributed by atoms with E-state index in [1.807, 2.05) is 6.07 Å². The number of benzene rings is 3. The van der Waals surface area contributed by atoms with E-state index >= 15 is 0 Å². The highest BCUT2D eigenvalue weighted by Crippen LogP contribution is 2.32. The van der Waals surface area contributed by atoms with Crippen LogP contribution in [-0.4, -0.2) is 47.1 Å². The number of carbonyl (C=O) groups excluding carboxylic acids is 3. The average molecular weight is 610 g/mol. The number of rotatable bonds is 12. The van der Waals surface area contributed by atoms with E-state index in [0.29, 0.717) is 22.7 Å². The molecule has 0 fully saturated rings. The number of alkyl halides is 3. The van der Waals surface area contributed by atoms with Gasteiger partial charge in [0.25, 0.3) is 5.91 Å². The molecule has 3 aromatic carbocycles. The van der Waals surface area contributed by atoms with Gasteiger partial charge in [0, 0.05) is 17.5 Å². The minimum absolute atomic E-state index is 0.0126. The van der Waals surface area contributed by atoms with Gasteiger partial charge in [-0.1, -0.05) is 30.3 Å². The topological polar surface area (TPSA) is 117 Å². The summed E-state index contributed by atoms with van der Waals surface area (Å²) in [5.74, 6) is -1.32. The molecule has 0 bridgehead atoms. The number of esters is 2. The SMILES string of the molecule is CCOC(=O)CC[C@H](NC(=O)c1ccc(OCc2nc3ccc(C(F)(F)F)cc3nc2-c2ccccc2)cc1)C(=O)OCC. The minimum atomic E-state index is -4.52. The number of hydrogen-bond acceptors (Lipinski definition) is 8. The van der Waals surface area contributed by atoms with Crippen LogP contribution in [0.15, 0.2) is 72.8 Å². The van der Waals surface area contributed by atoms with Crippen molar-refractivity contribution in [2.24, 2.45) is 0 Å². The van der Waals surface area contributed by atoms with Crippen LogP contribution in [0, 0.1) is 0 Å². The first kappa shape index (κ1) is 31.9. The fourth-order valence-corrected chi connectivity index (χ4v) is 4.28. The summed E-state index contributed by atoms with van der Waals surface area (Å²) in [7, 11) is 0. The van der Waals surface area contributed by atoms with Gasteiger partial charge in [-0.2, -0.15) is 13.2 Å². The van der Waals surface area contributed by atoms with Crippen LogP contribution >= 0.6 is 0 Å². The van der Waals surface area contributed by atoms with Crippen molar-refractivity contribution in [2.75, 3.05) is 13.2 Å². The molecule has 0 aliphatic carbocycles. The van der Waals surface area contributed by atoms with Crippen molar-refractivity contribution in [2.45, 2.75) is 45.5 Å². The molecule has 1 heterocycles. The highest BCUT2D eigenvalue weighted by molar-refractivity contribution is 5.97. The van der Waals surface area contributed by atoms with Crippen LogP contribution in [-0.2, 0) is 31.8 Å². The molecule has 44 heavy (non-hydrogen) atoms. The Balaban J connectivity index is 1.49. The third-order valence-electron chi connectivity index (χ3n) is 6.42. The van der Waals surface area contributed by atoms with Crippen LogP contribution in [0.5, 0.6) is 5.75 Å². The maximum atomic E-state index is 13.3. The molecule has 230 valence electrons. The number of nitrogens with zero attached hydrogens (tertiary/aromatic N) is 2. The maximum absolute atomic E-state index is 13.3. The molecule has 4 aromatic rings. The summed E-state index contributed by atoms with van der Waals surface area (Å²) in [4.78, 5) is 46.0. The fraction of sp³-hybridized carbons (Fsp3) is 0.281. The van der Waals surface area contributed by atoms with E-state index < -0.39 is 35.6 Å². The van der Waals surface area contributed by atoms with Gasteiger partial charge in [0.2, 0.25) is 0 Å². The molecule has 1 N–H and O–H groups in total. The molecule has 0 aliphatic heterocycles.